The Morgan fingerprint density at radius 3 is 1.33 bits per heavy atom. The van der Waals surface area contributed by atoms with E-state index in [9.17, 15) is 5.26 Å². The fraction of sp³-hybridized carbons (Fsp3) is 0. The molecule has 0 N–H and O–H groups in total. The first-order chi connectivity index (χ1) is 22.8. The highest BCUT2D eigenvalue weighted by atomic mass is 32.1. The van der Waals surface area contributed by atoms with Gasteiger partial charge in [0.15, 0.2) is 0 Å². The van der Waals surface area contributed by atoms with Crippen molar-refractivity contribution in [2.24, 2.45) is 0 Å². The fourth-order valence-corrected chi connectivity index (χ4v) is 9.29. The fourth-order valence-electron chi connectivity index (χ4n) is 6.81. The molecule has 0 fully saturated rings. The van der Waals surface area contributed by atoms with Crippen LogP contribution in [0.1, 0.15) is 5.56 Å². The molecule has 0 amide bonds. The molecule has 0 aliphatic rings. The van der Waals surface area contributed by atoms with Crippen molar-refractivity contribution < 1.29 is 0 Å². The standard InChI is InChI=1S/C43H25NS2/c44-26-39-31(27-11-2-1-3-12-27)15-8-16-32(39)28-23-29(33-17-9-19-37-35-13-4-6-21-40(35)45-42(33)37)25-30(24-28)34-18-10-20-38-36-14-5-7-22-41(36)46-43(34)38/h1-25H. The molecular formula is C43H25NS2. The first-order valence-corrected chi connectivity index (χ1v) is 17.0. The van der Waals surface area contributed by atoms with Crippen LogP contribution in [0.15, 0.2) is 152 Å². The van der Waals surface area contributed by atoms with E-state index < -0.39 is 0 Å². The van der Waals surface area contributed by atoms with Gasteiger partial charge in [-0.1, -0.05) is 121 Å². The van der Waals surface area contributed by atoms with Crippen LogP contribution in [0.25, 0.3) is 84.9 Å². The van der Waals surface area contributed by atoms with Gasteiger partial charge in [0.05, 0.1) is 5.56 Å². The maximum Gasteiger partial charge on any atom is 0.100 e. The third-order valence-electron chi connectivity index (χ3n) is 8.94. The van der Waals surface area contributed by atoms with E-state index in [-0.39, 0.29) is 0 Å². The molecule has 0 spiro atoms. The normalized spacial score (nSPS) is 11.5. The molecule has 1 nitrogen and oxygen atoms in total. The Balaban J connectivity index is 1.34. The summed E-state index contributed by atoms with van der Waals surface area (Å²) in [6.07, 6.45) is 0. The third kappa shape index (κ3) is 4.27. The number of rotatable bonds is 4. The molecule has 0 radical (unpaired) electrons. The Labute approximate surface area is 274 Å². The summed E-state index contributed by atoms with van der Waals surface area (Å²) in [7, 11) is 0. The maximum absolute atomic E-state index is 10.6. The Morgan fingerprint density at radius 1 is 0.370 bits per heavy atom. The number of nitrogens with zero attached hydrogens (tertiary/aromatic N) is 1. The van der Waals surface area contributed by atoms with E-state index in [2.05, 4.69) is 140 Å². The van der Waals surface area contributed by atoms with Gasteiger partial charge in [-0.25, -0.2) is 0 Å². The van der Waals surface area contributed by atoms with Gasteiger partial charge in [0, 0.05) is 51.5 Å². The van der Waals surface area contributed by atoms with Crippen LogP contribution in [-0.2, 0) is 0 Å². The summed E-state index contributed by atoms with van der Waals surface area (Å²) in [6.45, 7) is 0. The molecule has 0 aliphatic carbocycles. The van der Waals surface area contributed by atoms with E-state index >= 15 is 0 Å². The molecule has 9 aromatic rings. The van der Waals surface area contributed by atoms with Gasteiger partial charge in [-0.15, -0.1) is 22.7 Å². The van der Waals surface area contributed by atoms with Crippen LogP contribution in [-0.4, -0.2) is 0 Å². The Bertz CT molecular complexity index is 2520. The smallest absolute Gasteiger partial charge is 0.100 e. The van der Waals surface area contributed by atoms with E-state index in [4.69, 9.17) is 0 Å². The van der Waals surface area contributed by atoms with Crippen LogP contribution in [0.3, 0.4) is 0 Å². The number of hydrogen-bond donors (Lipinski definition) is 0. The number of thiophene rings is 2. The molecule has 0 saturated heterocycles. The second kappa shape index (κ2) is 10.8. The average molecular weight is 620 g/mol. The van der Waals surface area contributed by atoms with Crippen LogP contribution in [0.4, 0.5) is 0 Å². The molecule has 0 saturated carbocycles. The largest absolute Gasteiger partial charge is 0.192 e. The lowest BCUT2D eigenvalue weighted by atomic mass is 9.88. The predicted octanol–water partition coefficient (Wildman–Crippen LogP) is 13.0. The van der Waals surface area contributed by atoms with E-state index in [1.54, 1.807) is 0 Å². The number of hydrogen-bond acceptors (Lipinski definition) is 3. The van der Waals surface area contributed by atoms with Gasteiger partial charge in [0.1, 0.15) is 6.07 Å². The topological polar surface area (TPSA) is 23.8 Å². The zero-order valence-electron chi connectivity index (χ0n) is 24.7. The van der Waals surface area contributed by atoms with Crippen molar-refractivity contribution in [3.8, 4) is 50.6 Å². The molecule has 2 heterocycles. The lowest BCUT2D eigenvalue weighted by molar-refractivity contribution is 1.47. The minimum absolute atomic E-state index is 0.692. The number of fused-ring (bicyclic) bond motifs is 6. The molecule has 3 heteroatoms. The summed E-state index contributed by atoms with van der Waals surface area (Å²) in [6, 6.07) is 56.5. The molecule has 0 bridgehead atoms. The minimum atomic E-state index is 0.692. The van der Waals surface area contributed by atoms with E-state index in [1.165, 1.54) is 51.5 Å². The average Bonchev–Trinajstić information content (AvgIpc) is 3.70. The maximum atomic E-state index is 10.6. The second-order valence-corrected chi connectivity index (χ2v) is 13.7. The van der Waals surface area contributed by atoms with Crippen molar-refractivity contribution in [2.45, 2.75) is 0 Å². The monoisotopic (exact) mass is 619 g/mol. The molecule has 0 atom stereocenters. The lowest BCUT2D eigenvalue weighted by Gasteiger charge is -2.15. The lowest BCUT2D eigenvalue weighted by Crippen LogP contribution is -1.92. The highest BCUT2D eigenvalue weighted by molar-refractivity contribution is 7.26. The summed E-state index contributed by atoms with van der Waals surface area (Å²) in [5.41, 5.74) is 9.39. The van der Waals surface area contributed by atoms with E-state index in [0.29, 0.717) is 5.56 Å². The Kier molecular flexibility index (Phi) is 6.31. The summed E-state index contributed by atoms with van der Waals surface area (Å²) < 4.78 is 5.15. The molecule has 0 unspecified atom stereocenters. The van der Waals surface area contributed by atoms with Gasteiger partial charge in [-0.3, -0.25) is 0 Å². The first kappa shape index (κ1) is 26.8. The van der Waals surface area contributed by atoms with Gasteiger partial charge < -0.3 is 0 Å². The zero-order valence-corrected chi connectivity index (χ0v) is 26.3. The van der Waals surface area contributed by atoms with Crippen molar-refractivity contribution >= 4 is 63.0 Å². The number of benzene rings is 7. The Hall–Kier alpha value is -5.53. The number of nitriles is 1. The summed E-state index contributed by atoms with van der Waals surface area (Å²) in [4.78, 5) is 0. The van der Waals surface area contributed by atoms with Gasteiger partial charge in [0.2, 0.25) is 0 Å². The molecular weight excluding hydrogens is 595 g/mol. The van der Waals surface area contributed by atoms with Crippen LogP contribution in [0.5, 0.6) is 0 Å². The van der Waals surface area contributed by atoms with Crippen molar-refractivity contribution in [3.63, 3.8) is 0 Å². The Morgan fingerprint density at radius 2 is 0.783 bits per heavy atom. The predicted molar refractivity (Wildman–Crippen MR) is 199 cm³/mol. The molecule has 9 rings (SSSR count). The first-order valence-electron chi connectivity index (χ1n) is 15.3. The summed E-state index contributed by atoms with van der Waals surface area (Å²) in [5, 5.41) is 15.7. The van der Waals surface area contributed by atoms with Crippen molar-refractivity contribution in [1.29, 1.82) is 5.26 Å². The summed E-state index contributed by atoms with van der Waals surface area (Å²) in [5.74, 6) is 0. The van der Waals surface area contributed by atoms with Crippen LogP contribution in [0.2, 0.25) is 0 Å². The van der Waals surface area contributed by atoms with E-state index in [1.807, 2.05) is 40.9 Å². The highest BCUT2D eigenvalue weighted by Crippen LogP contribution is 2.45. The third-order valence-corrected chi connectivity index (χ3v) is 11.4. The molecule has 214 valence electrons. The quantitative estimate of drug-likeness (QED) is 0.192. The van der Waals surface area contributed by atoms with Crippen LogP contribution < -0.4 is 0 Å². The van der Waals surface area contributed by atoms with Gasteiger partial charge in [-0.2, -0.15) is 5.26 Å². The van der Waals surface area contributed by atoms with Crippen LogP contribution >= 0.6 is 22.7 Å². The van der Waals surface area contributed by atoms with Crippen molar-refractivity contribution in [3.05, 3.63) is 157 Å². The summed E-state index contributed by atoms with van der Waals surface area (Å²) >= 11 is 3.70. The minimum Gasteiger partial charge on any atom is -0.192 e. The molecule has 2 aromatic heterocycles. The van der Waals surface area contributed by atoms with Gasteiger partial charge >= 0.3 is 0 Å². The second-order valence-electron chi connectivity index (χ2n) is 11.6. The van der Waals surface area contributed by atoms with Crippen molar-refractivity contribution in [2.75, 3.05) is 0 Å². The van der Waals surface area contributed by atoms with Gasteiger partial charge in [0.25, 0.3) is 0 Å². The van der Waals surface area contributed by atoms with Gasteiger partial charge in [-0.05, 0) is 63.7 Å². The van der Waals surface area contributed by atoms with Crippen molar-refractivity contribution in [1.82, 2.24) is 0 Å². The highest BCUT2D eigenvalue weighted by Gasteiger charge is 2.18. The van der Waals surface area contributed by atoms with E-state index in [0.717, 1.165) is 33.4 Å². The SMILES string of the molecule is N#Cc1c(-c2ccccc2)cccc1-c1cc(-c2cccc3c2sc2ccccc23)cc(-c2cccc3c2sc2ccccc23)c1. The molecule has 46 heavy (non-hydrogen) atoms. The zero-order chi connectivity index (χ0) is 30.6. The molecule has 7 aromatic carbocycles. The van der Waals surface area contributed by atoms with Crippen LogP contribution in [0, 0.1) is 11.3 Å². The molecule has 0 aliphatic heterocycles.